The molecular weight excluding hydrogens is 284 g/mol. The Labute approximate surface area is 106 Å². The van der Waals surface area contributed by atoms with E-state index in [-0.39, 0.29) is 5.91 Å². The van der Waals surface area contributed by atoms with Gasteiger partial charge in [0, 0.05) is 10.7 Å². The number of amides is 1. The standard InChI is InChI=1S/C11H9BrN4O/c12-7-1-3-9(14-5-7)11(17)16-8-2-4-10(13)15-6-8/h1-6H,(H2,13,15)(H,16,17). The van der Waals surface area contributed by atoms with E-state index in [0.717, 1.165) is 4.47 Å². The minimum Gasteiger partial charge on any atom is -0.384 e. The fourth-order valence-corrected chi connectivity index (χ4v) is 1.42. The van der Waals surface area contributed by atoms with Gasteiger partial charge >= 0.3 is 0 Å². The van der Waals surface area contributed by atoms with E-state index in [1.165, 1.54) is 6.20 Å². The molecule has 0 saturated heterocycles. The van der Waals surface area contributed by atoms with Crippen LogP contribution in [0.2, 0.25) is 0 Å². The summed E-state index contributed by atoms with van der Waals surface area (Å²) in [5.74, 6) is 0.119. The number of nitrogens with zero attached hydrogens (tertiary/aromatic N) is 2. The van der Waals surface area contributed by atoms with Gasteiger partial charge in [0.1, 0.15) is 11.5 Å². The maximum absolute atomic E-state index is 11.8. The summed E-state index contributed by atoms with van der Waals surface area (Å²) >= 11 is 3.25. The van der Waals surface area contributed by atoms with Gasteiger partial charge in [-0.3, -0.25) is 4.79 Å². The molecule has 0 atom stereocenters. The highest BCUT2D eigenvalue weighted by molar-refractivity contribution is 9.10. The van der Waals surface area contributed by atoms with Crippen LogP contribution in [0.3, 0.4) is 0 Å². The van der Waals surface area contributed by atoms with Gasteiger partial charge in [-0.05, 0) is 40.2 Å². The molecule has 86 valence electrons. The summed E-state index contributed by atoms with van der Waals surface area (Å²) in [6, 6.07) is 6.68. The van der Waals surface area contributed by atoms with Gasteiger partial charge in [-0.2, -0.15) is 0 Å². The number of pyridine rings is 2. The molecule has 0 aliphatic heterocycles. The summed E-state index contributed by atoms with van der Waals surface area (Å²) in [6.07, 6.45) is 3.06. The molecule has 1 amide bonds. The number of hydrogen-bond donors (Lipinski definition) is 2. The number of halogens is 1. The first-order chi connectivity index (χ1) is 8.15. The molecular formula is C11H9BrN4O. The van der Waals surface area contributed by atoms with E-state index in [4.69, 9.17) is 5.73 Å². The van der Waals surface area contributed by atoms with Crippen molar-refractivity contribution in [2.45, 2.75) is 0 Å². The largest absolute Gasteiger partial charge is 0.384 e. The third kappa shape index (κ3) is 3.01. The number of carbonyl (C=O) groups is 1. The zero-order chi connectivity index (χ0) is 12.3. The third-order valence-corrected chi connectivity index (χ3v) is 2.47. The molecule has 0 aliphatic carbocycles. The molecule has 0 spiro atoms. The van der Waals surface area contributed by atoms with Gasteiger partial charge in [0.15, 0.2) is 0 Å². The Bertz CT molecular complexity index is 524. The maximum Gasteiger partial charge on any atom is 0.274 e. The number of hydrogen-bond acceptors (Lipinski definition) is 4. The summed E-state index contributed by atoms with van der Waals surface area (Å²) in [5.41, 5.74) is 6.36. The molecule has 2 aromatic heterocycles. The van der Waals surface area contributed by atoms with Crippen molar-refractivity contribution in [1.82, 2.24) is 9.97 Å². The predicted molar refractivity (Wildman–Crippen MR) is 68.5 cm³/mol. The number of nitrogen functional groups attached to an aromatic ring is 1. The fourth-order valence-electron chi connectivity index (χ4n) is 1.18. The second-order valence-electron chi connectivity index (χ2n) is 3.29. The number of rotatable bonds is 2. The molecule has 17 heavy (non-hydrogen) atoms. The topological polar surface area (TPSA) is 80.9 Å². The van der Waals surface area contributed by atoms with E-state index in [9.17, 15) is 4.79 Å². The molecule has 2 aromatic rings. The predicted octanol–water partition coefficient (Wildman–Crippen LogP) is 2.07. The van der Waals surface area contributed by atoms with Gasteiger partial charge in [0.2, 0.25) is 0 Å². The highest BCUT2D eigenvalue weighted by Crippen LogP contribution is 2.11. The lowest BCUT2D eigenvalue weighted by molar-refractivity contribution is 0.102. The lowest BCUT2D eigenvalue weighted by atomic mass is 10.3. The molecule has 0 radical (unpaired) electrons. The molecule has 0 bridgehead atoms. The Morgan fingerprint density at radius 3 is 2.59 bits per heavy atom. The summed E-state index contributed by atoms with van der Waals surface area (Å²) in [4.78, 5) is 19.6. The Hall–Kier alpha value is -1.95. The van der Waals surface area contributed by atoms with Crippen LogP contribution in [-0.2, 0) is 0 Å². The Kier molecular flexibility index (Phi) is 3.34. The molecule has 3 N–H and O–H groups in total. The first kappa shape index (κ1) is 11.5. The smallest absolute Gasteiger partial charge is 0.274 e. The van der Waals surface area contributed by atoms with Crippen LogP contribution in [0.25, 0.3) is 0 Å². The van der Waals surface area contributed by atoms with Crippen LogP contribution in [0.15, 0.2) is 41.1 Å². The molecule has 0 unspecified atom stereocenters. The molecule has 0 aliphatic rings. The quantitative estimate of drug-likeness (QED) is 0.888. The lowest BCUT2D eigenvalue weighted by Gasteiger charge is -2.04. The second kappa shape index (κ2) is 4.92. The van der Waals surface area contributed by atoms with E-state index in [1.54, 1.807) is 30.5 Å². The zero-order valence-corrected chi connectivity index (χ0v) is 10.3. The summed E-state index contributed by atoms with van der Waals surface area (Å²) < 4.78 is 0.822. The van der Waals surface area contributed by atoms with Gasteiger partial charge in [-0.25, -0.2) is 9.97 Å². The van der Waals surface area contributed by atoms with Crippen LogP contribution < -0.4 is 11.1 Å². The second-order valence-corrected chi connectivity index (χ2v) is 4.20. The summed E-state index contributed by atoms with van der Waals surface area (Å²) in [5, 5.41) is 2.67. The van der Waals surface area contributed by atoms with Gasteiger partial charge < -0.3 is 11.1 Å². The number of nitrogens with two attached hydrogens (primary N) is 1. The van der Waals surface area contributed by atoms with Crippen molar-refractivity contribution >= 4 is 33.3 Å². The summed E-state index contributed by atoms with van der Waals surface area (Å²) in [7, 11) is 0. The molecule has 2 heterocycles. The Balaban J connectivity index is 2.11. The van der Waals surface area contributed by atoms with Crippen molar-refractivity contribution in [3.63, 3.8) is 0 Å². The van der Waals surface area contributed by atoms with Crippen molar-refractivity contribution in [2.24, 2.45) is 0 Å². The van der Waals surface area contributed by atoms with Crippen molar-refractivity contribution in [2.75, 3.05) is 11.1 Å². The number of carbonyl (C=O) groups excluding carboxylic acids is 1. The van der Waals surface area contributed by atoms with Crippen molar-refractivity contribution in [3.05, 3.63) is 46.8 Å². The van der Waals surface area contributed by atoms with Crippen LogP contribution in [0.5, 0.6) is 0 Å². The third-order valence-electron chi connectivity index (χ3n) is 2.00. The van der Waals surface area contributed by atoms with Crippen LogP contribution in [0, 0.1) is 0 Å². The molecule has 5 nitrogen and oxygen atoms in total. The SMILES string of the molecule is Nc1ccc(NC(=O)c2ccc(Br)cn2)cn1. The molecule has 2 rings (SSSR count). The van der Waals surface area contributed by atoms with E-state index in [2.05, 4.69) is 31.2 Å². The Morgan fingerprint density at radius 1 is 1.18 bits per heavy atom. The fraction of sp³-hybridized carbons (Fsp3) is 0. The van der Waals surface area contributed by atoms with E-state index in [0.29, 0.717) is 17.2 Å². The minimum atomic E-state index is -0.288. The van der Waals surface area contributed by atoms with E-state index in [1.807, 2.05) is 0 Å². The monoisotopic (exact) mass is 292 g/mol. The normalized spacial score (nSPS) is 9.94. The van der Waals surface area contributed by atoms with Crippen molar-refractivity contribution < 1.29 is 4.79 Å². The van der Waals surface area contributed by atoms with Gasteiger partial charge in [-0.15, -0.1) is 0 Å². The van der Waals surface area contributed by atoms with Crippen molar-refractivity contribution in [3.8, 4) is 0 Å². The van der Waals surface area contributed by atoms with Gasteiger partial charge in [-0.1, -0.05) is 0 Å². The van der Waals surface area contributed by atoms with Gasteiger partial charge in [0.25, 0.3) is 5.91 Å². The van der Waals surface area contributed by atoms with Crippen LogP contribution in [0.1, 0.15) is 10.5 Å². The van der Waals surface area contributed by atoms with E-state index < -0.39 is 0 Å². The summed E-state index contributed by atoms with van der Waals surface area (Å²) in [6.45, 7) is 0. The average Bonchev–Trinajstić information content (AvgIpc) is 2.33. The van der Waals surface area contributed by atoms with Crippen LogP contribution in [-0.4, -0.2) is 15.9 Å². The van der Waals surface area contributed by atoms with Gasteiger partial charge in [0.05, 0.1) is 11.9 Å². The highest BCUT2D eigenvalue weighted by atomic mass is 79.9. The minimum absolute atomic E-state index is 0.288. The number of anilines is 2. The molecule has 0 aromatic carbocycles. The molecule has 6 heteroatoms. The van der Waals surface area contributed by atoms with Crippen LogP contribution >= 0.6 is 15.9 Å². The van der Waals surface area contributed by atoms with Crippen LogP contribution in [0.4, 0.5) is 11.5 Å². The first-order valence-electron chi connectivity index (χ1n) is 4.79. The van der Waals surface area contributed by atoms with Crippen molar-refractivity contribution in [1.29, 1.82) is 0 Å². The first-order valence-corrected chi connectivity index (χ1v) is 5.59. The lowest BCUT2D eigenvalue weighted by Crippen LogP contribution is -2.13. The number of nitrogens with one attached hydrogen (secondary N) is 1. The zero-order valence-electron chi connectivity index (χ0n) is 8.72. The average molecular weight is 293 g/mol. The highest BCUT2D eigenvalue weighted by Gasteiger charge is 2.07. The Morgan fingerprint density at radius 2 is 2.00 bits per heavy atom. The maximum atomic E-state index is 11.8. The molecule has 0 fully saturated rings. The molecule has 0 saturated carbocycles. The van der Waals surface area contributed by atoms with E-state index >= 15 is 0 Å². The number of aromatic nitrogens is 2.